The zero-order valence-corrected chi connectivity index (χ0v) is 12.8. The monoisotopic (exact) mass is 284 g/mol. The standard InChI is InChI=1S/C22H20/c1-17(19-8-4-3-5-9-19)12-13-18(2)21-15-14-20-10-6-7-11-22(20)16-21/h3-11,14-16H,1-2,12-13H2. The van der Waals surface area contributed by atoms with Crippen molar-refractivity contribution in [1.82, 2.24) is 0 Å². The van der Waals surface area contributed by atoms with Crippen LogP contribution in [0.3, 0.4) is 0 Å². The predicted molar refractivity (Wildman–Crippen MR) is 97.7 cm³/mol. The van der Waals surface area contributed by atoms with Crippen LogP contribution in [0.25, 0.3) is 21.9 Å². The lowest BCUT2D eigenvalue weighted by Crippen LogP contribution is -1.87. The number of hydrogen-bond acceptors (Lipinski definition) is 0. The normalized spacial score (nSPS) is 10.5. The molecule has 0 aliphatic carbocycles. The maximum Gasteiger partial charge on any atom is -0.0178 e. The topological polar surface area (TPSA) is 0 Å². The Bertz CT molecular complexity index is 810. The van der Waals surface area contributed by atoms with Crippen molar-refractivity contribution in [3.63, 3.8) is 0 Å². The van der Waals surface area contributed by atoms with Gasteiger partial charge in [-0.25, -0.2) is 0 Å². The molecule has 0 radical (unpaired) electrons. The molecule has 0 nitrogen and oxygen atoms in total. The second-order valence-electron chi connectivity index (χ2n) is 5.64. The van der Waals surface area contributed by atoms with Crippen molar-refractivity contribution < 1.29 is 0 Å². The summed E-state index contributed by atoms with van der Waals surface area (Å²) in [7, 11) is 0. The van der Waals surface area contributed by atoms with Crippen LogP contribution >= 0.6 is 0 Å². The van der Waals surface area contributed by atoms with Gasteiger partial charge in [0.25, 0.3) is 0 Å². The Balaban J connectivity index is 1.69. The minimum Gasteiger partial charge on any atom is -0.0952 e. The van der Waals surface area contributed by atoms with E-state index in [0.717, 1.165) is 12.8 Å². The second kappa shape index (κ2) is 6.44. The van der Waals surface area contributed by atoms with Gasteiger partial charge in [-0.05, 0) is 52.0 Å². The Morgan fingerprint density at radius 1 is 0.591 bits per heavy atom. The fourth-order valence-electron chi connectivity index (χ4n) is 2.67. The molecule has 0 aliphatic rings. The highest BCUT2D eigenvalue weighted by Crippen LogP contribution is 2.26. The Morgan fingerprint density at radius 3 is 1.91 bits per heavy atom. The molecular formula is C22H20. The van der Waals surface area contributed by atoms with Crippen molar-refractivity contribution in [1.29, 1.82) is 0 Å². The van der Waals surface area contributed by atoms with Gasteiger partial charge >= 0.3 is 0 Å². The van der Waals surface area contributed by atoms with E-state index < -0.39 is 0 Å². The summed E-state index contributed by atoms with van der Waals surface area (Å²) in [5, 5.41) is 2.54. The summed E-state index contributed by atoms with van der Waals surface area (Å²) in [6.45, 7) is 8.46. The third-order valence-corrected chi connectivity index (χ3v) is 4.07. The molecule has 3 aromatic rings. The molecule has 0 N–H and O–H groups in total. The molecule has 108 valence electrons. The van der Waals surface area contributed by atoms with Crippen molar-refractivity contribution in [2.24, 2.45) is 0 Å². The average Bonchev–Trinajstić information content (AvgIpc) is 2.59. The first kappa shape index (κ1) is 14.3. The highest BCUT2D eigenvalue weighted by atomic mass is 14.1. The fraction of sp³-hybridized carbons (Fsp3) is 0.0909. The molecule has 0 aliphatic heterocycles. The van der Waals surface area contributed by atoms with Crippen molar-refractivity contribution in [3.05, 3.63) is 97.1 Å². The molecule has 0 amide bonds. The van der Waals surface area contributed by atoms with Crippen molar-refractivity contribution in [2.45, 2.75) is 12.8 Å². The number of rotatable bonds is 5. The largest absolute Gasteiger partial charge is 0.0952 e. The van der Waals surface area contributed by atoms with Crippen molar-refractivity contribution in [2.75, 3.05) is 0 Å². The van der Waals surface area contributed by atoms with Crippen LogP contribution in [-0.2, 0) is 0 Å². The molecule has 0 aromatic heterocycles. The van der Waals surface area contributed by atoms with Crippen LogP contribution in [0, 0.1) is 0 Å². The average molecular weight is 284 g/mol. The molecule has 0 bridgehead atoms. The van der Waals surface area contributed by atoms with E-state index in [4.69, 9.17) is 0 Å². The lowest BCUT2D eigenvalue weighted by atomic mass is 9.95. The van der Waals surface area contributed by atoms with Gasteiger partial charge in [0.1, 0.15) is 0 Å². The molecule has 0 saturated heterocycles. The van der Waals surface area contributed by atoms with E-state index in [1.165, 1.54) is 33.0 Å². The number of hydrogen-bond donors (Lipinski definition) is 0. The third kappa shape index (κ3) is 3.17. The maximum atomic E-state index is 4.26. The molecule has 0 heterocycles. The Hall–Kier alpha value is -2.60. The van der Waals surface area contributed by atoms with Gasteiger partial charge in [0, 0.05) is 0 Å². The molecule has 0 fully saturated rings. The number of benzene rings is 3. The van der Waals surface area contributed by atoms with Crippen LogP contribution in [-0.4, -0.2) is 0 Å². The Labute approximate surface area is 132 Å². The number of fused-ring (bicyclic) bond motifs is 1. The molecule has 0 unspecified atom stereocenters. The second-order valence-corrected chi connectivity index (χ2v) is 5.64. The van der Waals surface area contributed by atoms with Gasteiger partial charge in [0.2, 0.25) is 0 Å². The minimum absolute atomic E-state index is 0.937. The zero-order chi connectivity index (χ0) is 15.4. The highest BCUT2D eigenvalue weighted by molar-refractivity contribution is 5.86. The van der Waals surface area contributed by atoms with E-state index in [1.807, 2.05) is 6.07 Å². The Kier molecular flexibility index (Phi) is 4.20. The molecule has 0 atom stereocenters. The molecule has 0 saturated carbocycles. The van der Waals surface area contributed by atoms with Crippen LogP contribution in [0.4, 0.5) is 0 Å². The van der Waals surface area contributed by atoms with E-state index in [0.29, 0.717) is 0 Å². The SMILES string of the molecule is C=C(CCC(=C)c1ccc2ccccc2c1)c1ccccc1. The van der Waals surface area contributed by atoms with Crippen LogP contribution in [0.2, 0.25) is 0 Å². The fourth-order valence-corrected chi connectivity index (χ4v) is 2.67. The lowest BCUT2D eigenvalue weighted by molar-refractivity contribution is 1.09. The lowest BCUT2D eigenvalue weighted by Gasteiger charge is -2.10. The van der Waals surface area contributed by atoms with Gasteiger partial charge in [0.05, 0.1) is 0 Å². The first-order chi connectivity index (χ1) is 10.7. The van der Waals surface area contributed by atoms with Gasteiger partial charge < -0.3 is 0 Å². The first-order valence-electron chi connectivity index (χ1n) is 7.64. The van der Waals surface area contributed by atoms with E-state index in [9.17, 15) is 0 Å². The van der Waals surface area contributed by atoms with E-state index in [2.05, 4.69) is 79.9 Å². The minimum atomic E-state index is 0.937. The van der Waals surface area contributed by atoms with Gasteiger partial charge in [-0.2, -0.15) is 0 Å². The molecule has 0 spiro atoms. The van der Waals surface area contributed by atoms with Gasteiger partial charge in [-0.15, -0.1) is 0 Å². The summed E-state index contributed by atoms with van der Waals surface area (Å²) < 4.78 is 0. The summed E-state index contributed by atoms with van der Waals surface area (Å²) in [4.78, 5) is 0. The summed E-state index contributed by atoms with van der Waals surface area (Å²) in [6, 6.07) is 25.4. The predicted octanol–water partition coefficient (Wildman–Crippen LogP) is 6.35. The van der Waals surface area contributed by atoms with Gasteiger partial charge in [-0.1, -0.05) is 79.9 Å². The van der Waals surface area contributed by atoms with Gasteiger partial charge in [0.15, 0.2) is 0 Å². The van der Waals surface area contributed by atoms with Gasteiger partial charge in [-0.3, -0.25) is 0 Å². The van der Waals surface area contributed by atoms with Crippen LogP contribution in [0.1, 0.15) is 24.0 Å². The van der Waals surface area contributed by atoms with Crippen LogP contribution in [0.5, 0.6) is 0 Å². The van der Waals surface area contributed by atoms with Crippen LogP contribution in [0.15, 0.2) is 86.0 Å². The smallest absolute Gasteiger partial charge is 0.0178 e. The molecule has 3 aromatic carbocycles. The third-order valence-electron chi connectivity index (χ3n) is 4.07. The summed E-state index contributed by atoms with van der Waals surface area (Å²) in [6.07, 6.45) is 1.88. The zero-order valence-electron chi connectivity index (χ0n) is 12.8. The summed E-state index contributed by atoms with van der Waals surface area (Å²) in [5.41, 5.74) is 4.78. The van der Waals surface area contributed by atoms with E-state index >= 15 is 0 Å². The van der Waals surface area contributed by atoms with E-state index in [-0.39, 0.29) is 0 Å². The number of allylic oxidation sites excluding steroid dienone is 2. The maximum absolute atomic E-state index is 4.26. The highest BCUT2D eigenvalue weighted by Gasteiger charge is 2.03. The first-order valence-corrected chi connectivity index (χ1v) is 7.64. The van der Waals surface area contributed by atoms with E-state index in [1.54, 1.807) is 0 Å². The summed E-state index contributed by atoms with van der Waals surface area (Å²) in [5.74, 6) is 0. The van der Waals surface area contributed by atoms with Crippen molar-refractivity contribution >= 4 is 21.9 Å². The van der Waals surface area contributed by atoms with Crippen molar-refractivity contribution in [3.8, 4) is 0 Å². The quantitative estimate of drug-likeness (QED) is 0.512. The molecular weight excluding hydrogens is 264 g/mol. The molecule has 0 heteroatoms. The molecule has 22 heavy (non-hydrogen) atoms. The van der Waals surface area contributed by atoms with Crippen LogP contribution < -0.4 is 0 Å². The molecule has 3 rings (SSSR count). The Morgan fingerprint density at radius 2 is 1.18 bits per heavy atom. The summed E-state index contributed by atoms with van der Waals surface area (Å²) >= 11 is 0.